The molecule has 2 aliphatic heterocycles. The van der Waals surface area contributed by atoms with Gasteiger partial charge in [0.15, 0.2) is 0 Å². The summed E-state index contributed by atoms with van der Waals surface area (Å²) in [4.78, 5) is 6.43. The Hall–Kier alpha value is -1.29. The standard InChI is InChI=1S/C14H15N3S/c1-3-9-11-7(2)16-17-13(11)12-8-5-4-6-10(8)18-14(12)15-9/h11H,3-6H2,1-2H3. The Morgan fingerprint density at radius 1 is 1.28 bits per heavy atom. The van der Waals surface area contributed by atoms with Crippen molar-refractivity contribution >= 4 is 33.5 Å². The zero-order valence-electron chi connectivity index (χ0n) is 10.7. The van der Waals surface area contributed by atoms with Crippen LogP contribution in [0, 0.1) is 5.92 Å². The second kappa shape index (κ2) is 3.60. The minimum Gasteiger partial charge on any atom is -0.245 e. The molecule has 1 aliphatic carbocycles. The maximum atomic E-state index is 4.89. The third-order valence-electron chi connectivity index (χ3n) is 4.11. The van der Waals surface area contributed by atoms with Crippen molar-refractivity contribution in [3.63, 3.8) is 0 Å². The largest absolute Gasteiger partial charge is 0.245 e. The van der Waals surface area contributed by atoms with Crippen molar-refractivity contribution in [1.82, 2.24) is 0 Å². The Kier molecular flexibility index (Phi) is 2.13. The van der Waals surface area contributed by atoms with Gasteiger partial charge in [-0.1, -0.05) is 6.92 Å². The van der Waals surface area contributed by atoms with Crippen LogP contribution in [0.3, 0.4) is 0 Å². The maximum Gasteiger partial charge on any atom is 0.125 e. The molecule has 0 fully saturated rings. The van der Waals surface area contributed by atoms with Crippen LogP contribution >= 0.6 is 11.3 Å². The second-order valence-electron chi connectivity index (χ2n) is 5.15. The predicted molar refractivity (Wildman–Crippen MR) is 76.9 cm³/mol. The molecule has 1 aromatic rings. The molecular weight excluding hydrogens is 242 g/mol. The first kappa shape index (κ1) is 10.6. The van der Waals surface area contributed by atoms with Crippen LogP contribution in [0.4, 0.5) is 5.00 Å². The SMILES string of the molecule is CCC1=Nc2sc3c(c2C2=NN=C(C)C12)CCC3. The quantitative estimate of drug-likeness (QED) is 0.738. The molecule has 3 nitrogen and oxygen atoms in total. The second-order valence-corrected chi connectivity index (χ2v) is 6.24. The predicted octanol–water partition coefficient (Wildman–Crippen LogP) is 3.53. The van der Waals surface area contributed by atoms with Gasteiger partial charge in [-0.25, -0.2) is 4.99 Å². The van der Waals surface area contributed by atoms with Crippen LogP contribution in [-0.2, 0) is 12.8 Å². The summed E-state index contributed by atoms with van der Waals surface area (Å²) in [6.07, 6.45) is 4.69. The third-order valence-corrected chi connectivity index (χ3v) is 5.29. The number of aliphatic imine (C=N–C) groups is 1. The highest BCUT2D eigenvalue weighted by Gasteiger charge is 2.38. The molecule has 0 amide bonds. The lowest BCUT2D eigenvalue weighted by Crippen LogP contribution is -2.30. The van der Waals surface area contributed by atoms with Gasteiger partial charge in [-0.15, -0.1) is 11.3 Å². The summed E-state index contributed by atoms with van der Waals surface area (Å²) in [6.45, 7) is 4.25. The lowest BCUT2D eigenvalue weighted by atomic mass is 9.85. The molecule has 92 valence electrons. The number of hydrogen-bond donors (Lipinski definition) is 0. The van der Waals surface area contributed by atoms with Crippen molar-refractivity contribution in [3.8, 4) is 0 Å². The molecule has 3 heterocycles. The van der Waals surface area contributed by atoms with Crippen LogP contribution in [0.25, 0.3) is 0 Å². The first-order valence-electron chi connectivity index (χ1n) is 6.64. The van der Waals surface area contributed by atoms with E-state index < -0.39 is 0 Å². The molecule has 1 atom stereocenters. The number of nitrogens with zero attached hydrogens (tertiary/aromatic N) is 3. The van der Waals surface area contributed by atoms with E-state index in [1.807, 2.05) is 11.3 Å². The Morgan fingerprint density at radius 3 is 3.00 bits per heavy atom. The summed E-state index contributed by atoms with van der Waals surface area (Å²) < 4.78 is 0. The van der Waals surface area contributed by atoms with Crippen molar-refractivity contribution in [2.45, 2.75) is 39.5 Å². The van der Waals surface area contributed by atoms with Crippen molar-refractivity contribution in [3.05, 3.63) is 16.0 Å². The molecule has 0 spiro atoms. The molecule has 0 bridgehead atoms. The van der Waals surface area contributed by atoms with Crippen LogP contribution in [-0.4, -0.2) is 17.1 Å². The average molecular weight is 257 g/mol. The maximum absolute atomic E-state index is 4.89. The monoisotopic (exact) mass is 257 g/mol. The molecule has 0 saturated carbocycles. The number of hydrogen-bond acceptors (Lipinski definition) is 4. The fraction of sp³-hybridized carbons (Fsp3) is 0.500. The molecule has 1 unspecified atom stereocenters. The number of fused-ring (bicyclic) bond motifs is 5. The molecule has 0 saturated heterocycles. The average Bonchev–Trinajstić information content (AvgIpc) is 3.02. The molecule has 18 heavy (non-hydrogen) atoms. The topological polar surface area (TPSA) is 37.1 Å². The first-order valence-corrected chi connectivity index (χ1v) is 7.45. The summed E-state index contributed by atoms with van der Waals surface area (Å²) >= 11 is 1.87. The van der Waals surface area contributed by atoms with E-state index in [2.05, 4.69) is 24.1 Å². The molecule has 1 aromatic heterocycles. The van der Waals surface area contributed by atoms with Crippen LogP contribution in [0.15, 0.2) is 15.2 Å². The summed E-state index contributed by atoms with van der Waals surface area (Å²) in [5.41, 5.74) is 6.36. The van der Waals surface area contributed by atoms with Crippen LogP contribution in [0.1, 0.15) is 42.7 Å². The van der Waals surface area contributed by atoms with Crippen LogP contribution in [0.5, 0.6) is 0 Å². The molecule has 3 aliphatic rings. The Balaban J connectivity index is 1.96. The van der Waals surface area contributed by atoms with Gasteiger partial charge in [0.25, 0.3) is 0 Å². The molecule has 4 heteroatoms. The van der Waals surface area contributed by atoms with E-state index in [4.69, 9.17) is 4.99 Å². The fourth-order valence-electron chi connectivity index (χ4n) is 3.25. The Bertz CT molecular complexity index is 634. The lowest BCUT2D eigenvalue weighted by Gasteiger charge is -2.20. The van der Waals surface area contributed by atoms with Gasteiger partial charge < -0.3 is 0 Å². The minimum atomic E-state index is 0.266. The van der Waals surface area contributed by atoms with E-state index in [9.17, 15) is 0 Å². The fourth-order valence-corrected chi connectivity index (χ4v) is 4.55. The van der Waals surface area contributed by atoms with Gasteiger partial charge in [-0.05, 0) is 38.2 Å². The first-order chi connectivity index (χ1) is 8.79. The van der Waals surface area contributed by atoms with E-state index in [0.29, 0.717) is 0 Å². The number of rotatable bonds is 1. The highest BCUT2D eigenvalue weighted by molar-refractivity contribution is 7.16. The van der Waals surface area contributed by atoms with Gasteiger partial charge in [0, 0.05) is 16.2 Å². The third kappa shape index (κ3) is 1.21. The van der Waals surface area contributed by atoms with Gasteiger partial charge in [0.1, 0.15) is 5.00 Å². The zero-order chi connectivity index (χ0) is 12.3. The normalized spacial score (nSPS) is 24.1. The lowest BCUT2D eigenvalue weighted by molar-refractivity contribution is 0.913. The Morgan fingerprint density at radius 2 is 2.17 bits per heavy atom. The number of thiophene rings is 1. The van der Waals surface area contributed by atoms with E-state index in [0.717, 1.165) is 12.1 Å². The van der Waals surface area contributed by atoms with Crippen molar-refractivity contribution < 1.29 is 0 Å². The smallest absolute Gasteiger partial charge is 0.125 e. The van der Waals surface area contributed by atoms with E-state index in [1.54, 1.807) is 0 Å². The molecule has 4 rings (SSSR count). The van der Waals surface area contributed by atoms with E-state index >= 15 is 0 Å². The van der Waals surface area contributed by atoms with Crippen LogP contribution in [0.2, 0.25) is 0 Å². The molecule has 0 N–H and O–H groups in total. The number of aryl methyl sites for hydroxylation is 1. The van der Waals surface area contributed by atoms with Crippen molar-refractivity contribution in [2.24, 2.45) is 21.1 Å². The molecular formula is C14H15N3S. The molecule has 0 radical (unpaired) electrons. The van der Waals surface area contributed by atoms with Gasteiger partial charge >= 0.3 is 0 Å². The summed E-state index contributed by atoms with van der Waals surface area (Å²) in [7, 11) is 0. The zero-order valence-corrected chi connectivity index (χ0v) is 11.5. The summed E-state index contributed by atoms with van der Waals surface area (Å²) in [5.74, 6) is 0.266. The Labute approximate surface area is 110 Å². The van der Waals surface area contributed by atoms with Gasteiger partial charge in [-0.3, -0.25) is 0 Å². The van der Waals surface area contributed by atoms with E-state index in [1.165, 1.54) is 51.7 Å². The molecule has 0 aromatic carbocycles. The van der Waals surface area contributed by atoms with Gasteiger partial charge in [-0.2, -0.15) is 10.2 Å². The van der Waals surface area contributed by atoms with Crippen molar-refractivity contribution in [1.29, 1.82) is 0 Å². The van der Waals surface area contributed by atoms with Crippen LogP contribution < -0.4 is 0 Å². The van der Waals surface area contributed by atoms with Gasteiger partial charge in [0.05, 0.1) is 17.3 Å². The van der Waals surface area contributed by atoms with E-state index in [-0.39, 0.29) is 5.92 Å². The van der Waals surface area contributed by atoms with Crippen molar-refractivity contribution in [2.75, 3.05) is 0 Å². The van der Waals surface area contributed by atoms with Gasteiger partial charge in [0.2, 0.25) is 0 Å². The highest BCUT2D eigenvalue weighted by Crippen LogP contribution is 2.45. The minimum absolute atomic E-state index is 0.266. The highest BCUT2D eigenvalue weighted by atomic mass is 32.1. The summed E-state index contributed by atoms with van der Waals surface area (Å²) in [6, 6.07) is 0. The summed E-state index contributed by atoms with van der Waals surface area (Å²) in [5, 5.41) is 9.96.